The zero-order valence-electron chi connectivity index (χ0n) is 14.9. The van der Waals surface area contributed by atoms with Crippen molar-refractivity contribution in [2.24, 2.45) is 5.41 Å². The topological polar surface area (TPSA) is 63.6 Å². The van der Waals surface area contributed by atoms with Gasteiger partial charge in [-0.2, -0.15) is 0 Å². The fraction of sp³-hybridized carbons (Fsp3) is 0.450. The molecule has 0 aromatic heterocycles. The molecule has 1 aliphatic rings. The van der Waals surface area contributed by atoms with E-state index in [0.717, 1.165) is 4.47 Å². The maximum Gasteiger partial charge on any atom is 0.338 e. The summed E-state index contributed by atoms with van der Waals surface area (Å²) in [6.45, 7) is 7.03. The monoisotopic (exact) mass is 406 g/mol. The minimum atomic E-state index is -1.20. The van der Waals surface area contributed by atoms with Gasteiger partial charge in [0.15, 0.2) is 5.78 Å². The van der Waals surface area contributed by atoms with Gasteiger partial charge in [-0.25, -0.2) is 4.79 Å². The third-order valence-electron chi connectivity index (χ3n) is 4.35. The average molecular weight is 407 g/mol. The minimum Gasteiger partial charge on any atom is -0.459 e. The van der Waals surface area contributed by atoms with Gasteiger partial charge in [-0.05, 0) is 49.9 Å². The van der Waals surface area contributed by atoms with Crippen LogP contribution in [0.25, 0.3) is 0 Å². The van der Waals surface area contributed by atoms with Gasteiger partial charge >= 0.3 is 5.97 Å². The second kappa shape index (κ2) is 7.28. The van der Waals surface area contributed by atoms with E-state index in [1.165, 1.54) is 13.0 Å². The van der Waals surface area contributed by atoms with Crippen molar-refractivity contribution in [3.63, 3.8) is 0 Å². The second-order valence-electron chi connectivity index (χ2n) is 7.37. The number of hydrogen-bond acceptors (Lipinski definition) is 4. The van der Waals surface area contributed by atoms with Crippen molar-refractivity contribution < 1.29 is 19.4 Å². The molecule has 1 aromatic rings. The van der Waals surface area contributed by atoms with E-state index in [0.29, 0.717) is 17.6 Å². The van der Waals surface area contributed by atoms with E-state index in [4.69, 9.17) is 4.74 Å². The molecule has 0 heterocycles. The van der Waals surface area contributed by atoms with Gasteiger partial charge in [-0.1, -0.05) is 29.8 Å². The van der Waals surface area contributed by atoms with Gasteiger partial charge in [0.2, 0.25) is 0 Å². The number of halogens is 1. The predicted octanol–water partition coefficient (Wildman–Crippen LogP) is 4.22. The van der Waals surface area contributed by atoms with Gasteiger partial charge in [0, 0.05) is 22.5 Å². The molecule has 1 aromatic carbocycles. The Hall–Kier alpha value is -1.68. The summed E-state index contributed by atoms with van der Waals surface area (Å²) in [5, 5.41) is 10.8. The zero-order valence-corrected chi connectivity index (χ0v) is 16.5. The summed E-state index contributed by atoms with van der Waals surface area (Å²) in [5.41, 5.74) is 2.45. The molecule has 4 nitrogen and oxygen atoms in total. The van der Waals surface area contributed by atoms with Crippen LogP contribution in [0.3, 0.4) is 0 Å². The van der Waals surface area contributed by atoms with Crippen molar-refractivity contribution in [1.82, 2.24) is 0 Å². The summed E-state index contributed by atoms with van der Waals surface area (Å²) < 4.78 is 6.52. The lowest BCUT2D eigenvalue weighted by atomic mass is 9.65. The molecule has 134 valence electrons. The summed E-state index contributed by atoms with van der Waals surface area (Å²) in [6.07, 6.45) is 1.76. The molecule has 0 spiro atoms. The standard InChI is InChI=1S/C20H23BrO4/c1-13(22)5-10-17-19(2,3)11-16(12-20(17,4)24)25-18(23)14-6-8-15(21)9-7-14/h5-9,16,24H,11-12H2,1-4H3/t10?,16-,20-/m1/s1. The molecule has 0 saturated heterocycles. The van der Waals surface area contributed by atoms with Crippen LogP contribution >= 0.6 is 15.9 Å². The number of benzene rings is 1. The first-order chi connectivity index (χ1) is 11.5. The highest BCUT2D eigenvalue weighted by atomic mass is 79.9. The molecule has 5 heteroatoms. The Morgan fingerprint density at radius 3 is 2.36 bits per heavy atom. The van der Waals surface area contributed by atoms with E-state index in [2.05, 4.69) is 21.7 Å². The number of carbonyl (C=O) groups excluding carboxylic acids is 2. The summed E-state index contributed by atoms with van der Waals surface area (Å²) in [4.78, 5) is 23.6. The summed E-state index contributed by atoms with van der Waals surface area (Å²) >= 11 is 3.33. The van der Waals surface area contributed by atoms with Crippen molar-refractivity contribution in [2.75, 3.05) is 0 Å². The van der Waals surface area contributed by atoms with E-state index in [1.807, 2.05) is 13.8 Å². The molecule has 1 N–H and O–H groups in total. The molecule has 0 bridgehead atoms. The van der Waals surface area contributed by atoms with Gasteiger partial charge < -0.3 is 9.84 Å². The highest BCUT2D eigenvalue weighted by molar-refractivity contribution is 9.10. The number of aliphatic hydroxyl groups is 1. The zero-order chi connectivity index (χ0) is 18.8. The van der Waals surface area contributed by atoms with Gasteiger partial charge in [-0.15, -0.1) is 5.73 Å². The molecule has 1 aliphatic carbocycles. The molecule has 1 fully saturated rings. The largest absolute Gasteiger partial charge is 0.459 e. The lowest BCUT2D eigenvalue weighted by molar-refractivity contribution is -0.112. The second-order valence-corrected chi connectivity index (χ2v) is 8.29. The molecule has 0 aliphatic heterocycles. The van der Waals surface area contributed by atoms with Gasteiger partial charge in [0.05, 0.1) is 11.2 Å². The van der Waals surface area contributed by atoms with E-state index < -0.39 is 23.1 Å². The first-order valence-electron chi connectivity index (χ1n) is 8.18. The summed E-state index contributed by atoms with van der Waals surface area (Å²) in [5.74, 6) is -0.529. The third kappa shape index (κ3) is 4.91. The molecule has 0 amide bonds. The maximum atomic E-state index is 12.4. The SMILES string of the molecule is CC(=O)C=C=C1C(C)(C)C[C@@H](OC(=O)c2ccc(Br)cc2)C[C@@]1(C)O. The normalized spacial score (nSPS) is 25.0. The van der Waals surface area contributed by atoms with Crippen molar-refractivity contribution in [3.05, 3.63) is 51.7 Å². The summed E-state index contributed by atoms with van der Waals surface area (Å²) in [6, 6.07) is 6.95. The summed E-state index contributed by atoms with van der Waals surface area (Å²) in [7, 11) is 0. The van der Waals surface area contributed by atoms with Crippen LogP contribution in [-0.4, -0.2) is 28.6 Å². The first kappa shape index (κ1) is 19.6. The van der Waals surface area contributed by atoms with E-state index in [1.54, 1.807) is 31.2 Å². The predicted molar refractivity (Wildman–Crippen MR) is 99.3 cm³/mol. The van der Waals surface area contributed by atoms with Gasteiger partial charge in [0.1, 0.15) is 6.10 Å². The maximum absolute atomic E-state index is 12.4. The van der Waals surface area contributed by atoms with Crippen LogP contribution in [0.1, 0.15) is 50.9 Å². The van der Waals surface area contributed by atoms with Gasteiger partial charge in [0.25, 0.3) is 0 Å². The number of hydrogen-bond donors (Lipinski definition) is 1. The Morgan fingerprint density at radius 1 is 1.24 bits per heavy atom. The van der Waals surface area contributed by atoms with Crippen molar-refractivity contribution in [1.29, 1.82) is 0 Å². The Morgan fingerprint density at radius 2 is 1.84 bits per heavy atom. The van der Waals surface area contributed by atoms with E-state index in [-0.39, 0.29) is 12.2 Å². The van der Waals surface area contributed by atoms with Crippen LogP contribution in [0, 0.1) is 5.41 Å². The molecule has 1 saturated carbocycles. The third-order valence-corrected chi connectivity index (χ3v) is 4.88. The molecular formula is C20H23BrO4. The highest BCUT2D eigenvalue weighted by Crippen LogP contribution is 2.46. The lowest BCUT2D eigenvalue weighted by Gasteiger charge is -2.44. The Balaban J connectivity index is 2.21. The minimum absolute atomic E-state index is 0.122. The highest BCUT2D eigenvalue weighted by Gasteiger charge is 2.46. The van der Waals surface area contributed by atoms with Crippen LogP contribution in [0.5, 0.6) is 0 Å². The molecule has 0 radical (unpaired) electrons. The molecule has 25 heavy (non-hydrogen) atoms. The molecule has 2 rings (SSSR count). The van der Waals surface area contributed by atoms with Crippen LogP contribution < -0.4 is 0 Å². The quantitative estimate of drug-likeness (QED) is 0.463. The first-order valence-corrected chi connectivity index (χ1v) is 8.98. The molecule has 0 unspecified atom stereocenters. The number of rotatable bonds is 3. The average Bonchev–Trinajstić information content (AvgIpc) is 2.44. The van der Waals surface area contributed by atoms with Crippen LogP contribution in [0.2, 0.25) is 0 Å². The van der Waals surface area contributed by atoms with Crippen LogP contribution in [0.4, 0.5) is 0 Å². The lowest BCUT2D eigenvalue weighted by Crippen LogP contribution is -2.46. The van der Waals surface area contributed by atoms with Crippen molar-refractivity contribution in [3.8, 4) is 0 Å². The Labute approximate surface area is 156 Å². The Bertz CT molecular complexity index is 717. The van der Waals surface area contributed by atoms with Crippen molar-refractivity contribution in [2.45, 2.75) is 52.2 Å². The molecule has 2 atom stereocenters. The van der Waals surface area contributed by atoms with E-state index >= 15 is 0 Å². The van der Waals surface area contributed by atoms with E-state index in [9.17, 15) is 14.7 Å². The number of esters is 1. The fourth-order valence-corrected chi connectivity index (χ4v) is 3.70. The van der Waals surface area contributed by atoms with Crippen LogP contribution in [0.15, 0.2) is 46.1 Å². The Kier molecular flexibility index (Phi) is 5.72. The van der Waals surface area contributed by atoms with Crippen LogP contribution in [-0.2, 0) is 9.53 Å². The number of carbonyl (C=O) groups is 2. The molecular weight excluding hydrogens is 384 g/mol. The smallest absolute Gasteiger partial charge is 0.338 e. The van der Waals surface area contributed by atoms with Crippen molar-refractivity contribution >= 4 is 27.7 Å². The number of ketones is 1. The fourth-order valence-electron chi connectivity index (χ4n) is 3.43. The van der Waals surface area contributed by atoms with Gasteiger partial charge in [-0.3, -0.25) is 4.79 Å². The number of ether oxygens (including phenoxy) is 1.